The first-order valence-electron chi connectivity index (χ1n) is 7.92. The molecule has 2 amide bonds. The highest BCUT2D eigenvalue weighted by molar-refractivity contribution is 6.30. The highest BCUT2D eigenvalue weighted by atomic mass is 35.5. The lowest BCUT2D eigenvalue weighted by Crippen LogP contribution is -2.47. The minimum absolute atomic E-state index is 0.143. The van der Waals surface area contributed by atoms with Crippen LogP contribution in [0.3, 0.4) is 0 Å². The molecule has 0 spiro atoms. The number of hydrogen-bond acceptors (Lipinski definition) is 3. The molecule has 6 heteroatoms. The summed E-state index contributed by atoms with van der Waals surface area (Å²) >= 11 is 5.80. The molecule has 25 heavy (non-hydrogen) atoms. The maximum Gasteiger partial charge on any atom is 0.279 e. The van der Waals surface area contributed by atoms with Crippen LogP contribution in [0.25, 0.3) is 0 Å². The fraction of sp³-hybridized carbons (Fsp3) is 0.263. The molecule has 2 aromatic carbocycles. The van der Waals surface area contributed by atoms with Gasteiger partial charge in [-0.2, -0.15) is 0 Å². The van der Waals surface area contributed by atoms with Gasteiger partial charge in [0, 0.05) is 5.02 Å². The van der Waals surface area contributed by atoms with Gasteiger partial charge in [-0.15, -0.1) is 0 Å². The number of hydrogen-bond donors (Lipinski definition) is 2. The van der Waals surface area contributed by atoms with Crippen molar-refractivity contribution in [2.45, 2.75) is 33.3 Å². The second-order valence-corrected chi connectivity index (χ2v) is 6.31. The van der Waals surface area contributed by atoms with Crippen molar-refractivity contribution >= 4 is 23.4 Å². The van der Waals surface area contributed by atoms with Crippen LogP contribution in [0.1, 0.15) is 23.6 Å². The van der Waals surface area contributed by atoms with E-state index < -0.39 is 12.0 Å². The lowest BCUT2D eigenvalue weighted by molar-refractivity contribution is -0.132. The number of nitrogens with one attached hydrogen (secondary N) is 2. The standard InChI is InChI=1S/C19H21ClN2O3/c1-12-4-5-13(2)17(10-12)25-14(3)19(24)22-21-18(23)11-15-6-8-16(20)9-7-15/h4-10,14H,11H2,1-3H3,(H,21,23)(H,22,24). The molecule has 0 aliphatic heterocycles. The molecule has 0 heterocycles. The van der Waals surface area contributed by atoms with E-state index in [1.54, 1.807) is 31.2 Å². The molecule has 132 valence electrons. The minimum atomic E-state index is -0.740. The van der Waals surface area contributed by atoms with Gasteiger partial charge in [-0.05, 0) is 55.7 Å². The van der Waals surface area contributed by atoms with Crippen molar-refractivity contribution in [3.63, 3.8) is 0 Å². The average Bonchev–Trinajstić information content (AvgIpc) is 2.58. The third kappa shape index (κ3) is 5.80. The fourth-order valence-corrected chi connectivity index (χ4v) is 2.27. The van der Waals surface area contributed by atoms with Gasteiger partial charge in [-0.3, -0.25) is 20.4 Å². The highest BCUT2D eigenvalue weighted by Crippen LogP contribution is 2.20. The van der Waals surface area contributed by atoms with E-state index in [4.69, 9.17) is 16.3 Å². The van der Waals surface area contributed by atoms with Crippen molar-refractivity contribution in [3.8, 4) is 5.75 Å². The number of amides is 2. The van der Waals surface area contributed by atoms with Gasteiger partial charge >= 0.3 is 0 Å². The monoisotopic (exact) mass is 360 g/mol. The van der Waals surface area contributed by atoms with Crippen LogP contribution in [0.2, 0.25) is 5.02 Å². The molecule has 0 saturated heterocycles. The Morgan fingerprint density at radius 1 is 1.08 bits per heavy atom. The van der Waals surface area contributed by atoms with Crippen LogP contribution in [-0.4, -0.2) is 17.9 Å². The number of carbonyl (C=O) groups excluding carboxylic acids is 2. The number of aryl methyl sites for hydroxylation is 2. The fourth-order valence-electron chi connectivity index (χ4n) is 2.14. The molecular weight excluding hydrogens is 340 g/mol. The molecule has 1 atom stereocenters. The molecule has 0 radical (unpaired) electrons. The van der Waals surface area contributed by atoms with E-state index in [0.29, 0.717) is 10.8 Å². The summed E-state index contributed by atoms with van der Waals surface area (Å²) in [5, 5.41) is 0.606. The highest BCUT2D eigenvalue weighted by Gasteiger charge is 2.16. The maximum atomic E-state index is 12.1. The van der Waals surface area contributed by atoms with Gasteiger partial charge < -0.3 is 4.74 Å². The van der Waals surface area contributed by atoms with Crippen molar-refractivity contribution in [1.82, 2.24) is 10.9 Å². The van der Waals surface area contributed by atoms with E-state index >= 15 is 0 Å². The normalized spacial score (nSPS) is 11.5. The Labute approximate surface area is 152 Å². The van der Waals surface area contributed by atoms with Crippen molar-refractivity contribution in [3.05, 3.63) is 64.2 Å². The van der Waals surface area contributed by atoms with E-state index in [1.807, 2.05) is 32.0 Å². The zero-order valence-electron chi connectivity index (χ0n) is 14.4. The number of halogens is 1. The van der Waals surface area contributed by atoms with Gasteiger partial charge in [0.1, 0.15) is 5.75 Å². The van der Waals surface area contributed by atoms with Gasteiger partial charge in [-0.25, -0.2) is 0 Å². The van der Waals surface area contributed by atoms with Crippen LogP contribution in [0.4, 0.5) is 0 Å². The first-order valence-corrected chi connectivity index (χ1v) is 8.30. The quantitative estimate of drug-likeness (QED) is 0.805. The Bertz CT molecular complexity index is 760. The molecule has 0 aromatic heterocycles. The molecule has 2 N–H and O–H groups in total. The molecule has 2 rings (SSSR count). The number of hydrazine groups is 1. The molecule has 1 unspecified atom stereocenters. The molecular formula is C19H21ClN2O3. The lowest BCUT2D eigenvalue weighted by Gasteiger charge is -2.17. The largest absolute Gasteiger partial charge is 0.481 e. The summed E-state index contributed by atoms with van der Waals surface area (Å²) in [5.41, 5.74) is 7.55. The SMILES string of the molecule is Cc1ccc(C)c(OC(C)C(=O)NNC(=O)Cc2ccc(Cl)cc2)c1. The average molecular weight is 361 g/mol. The Hall–Kier alpha value is -2.53. The molecule has 0 saturated carbocycles. The predicted molar refractivity (Wildman–Crippen MR) is 97.4 cm³/mol. The summed E-state index contributed by atoms with van der Waals surface area (Å²) in [6, 6.07) is 12.7. The van der Waals surface area contributed by atoms with Crippen molar-refractivity contribution in [2.75, 3.05) is 0 Å². The first kappa shape index (κ1) is 18.8. The van der Waals surface area contributed by atoms with Crippen molar-refractivity contribution in [1.29, 1.82) is 0 Å². The third-order valence-corrected chi connectivity index (χ3v) is 3.87. The van der Waals surface area contributed by atoms with E-state index in [2.05, 4.69) is 10.9 Å². The number of carbonyl (C=O) groups is 2. The number of ether oxygens (including phenoxy) is 1. The van der Waals surface area contributed by atoms with Crippen LogP contribution >= 0.6 is 11.6 Å². The minimum Gasteiger partial charge on any atom is -0.481 e. The maximum absolute atomic E-state index is 12.1. The molecule has 2 aromatic rings. The smallest absolute Gasteiger partial charge is 0.279 e. The summed E-state index contributed by atoms with van der Waals surface area (Å²) in [6.07, 6.45) is -0.597. The van der Waals surface area contributed by atoms with E-state index in [9.17, 15) is 9.59 Å². The Kier molecular flexibility index (Phi) is 6.42. The van der Waals surface area contributed by atoms with Gasteiger partial charge in [0.05, 0.1) is 6.42 Å². The van der Waals surface area contributed by atoms with E-state index in [-0.39, 0.29) is 12.3 Å². The molecule has 0 bridgehead atoms. The zero-order chi connectivity index (χ0) is 18.4. The lowest BCUT2D eigenvalue weighted by atomic mass is 10.1. The summed E-state index contributed by atoms with van der Waals surface area (Å²) in [4.78, 5) is 24.0. The zero-order valence-corrected chi connectivity index (χ0v) is 15.2. The first-order chi connectivity index (χ1) is 11.8. The summed E-state index contributed by atoms with van der Waals surface area (Å²) < 4.78 is 5.67. The van der Waals surface area contributed by atoms with Gasteiger partial charge in [0.25, 0.3) is 5.91 Å². The second-order valence-electron chi connectivity index (χ2n) is 5.87. The van der Waals surface area contributed by atoms with Crippen LogP contribution in [0, 0.1) is 13.8 Å². The number of benzene rings is 2. The van der Waals surface area contributed by atoms with Gasteiger partial charge in [-0.1, -0.05) is 35.9 Å². The molecule has 5 nitrogen and oxygen atoms in total. The topological polar surface area (TPSA) is 67.4 Å². The van der Waals surface area contributed by atoms with E-state index in [1.165, 1.54) is 0 Å². The van der Waals surface area contributed by atoms with Crippen LogP contribution in [0.15, 0.2) is 42.5 Å². The Morgan fingerprint density at radius 2 is 1.76 bits per heavy atom. The summed E-state index contributed by atoms with van der Waals surface area (Å²) in [6.45, 7) is 5.49. The molecule has 0 fully saturated rings. The molecule has 0 aliphatic carbocycles. The van der Waals surface area contributed by atoms with Crippen LogP contribution in [0.5, 0.6) is 5.75 Å². The summed E-state index contributed by atoms with van der Waals surface area (Å²) in [7, 11) is 0. The van der Waals surface area contributed by atoms with Gasteiger partial charge in [0.2, 0.25) is 5.91 Å². The van der Waals surface area contributed by atoms with Crippen molar-refractivity contribution < 1.29 is 14.3 Å². The van der Waals surface area contributed by atoms with Crippen LogP contribution < -0.4 is 15.6 Å². The third-order valence-electron chi connectivity index (χ3n) is 3.62. The molecule has 0 aliphatic rings. The Morgan fingerprint density at radius 3 is 2.44 bits per heavy atom. The van der Waals surface area contributed by atoms with E-state index in [0.717, 1.165) is 16.7 Å². The number of rotatable bonds is 5. The summed E-state index contributed by atoms with van der Waals surface area (Å²) in [5.74, 6) is -0.102. The van der Waals surface area contributed by atoms with Crippen molar-refractivity contribution in [2.24, 2.45) is 0 Å². The second kappa shape index (κ2) is 8.53. The predicted octanol–water partition coefficient (Wildman–Crippen LogP) is 3.11. The van der Waals surface area contributed by atoms with Crippen LogP contribution in [-0.2, 0) is 16.0 Å². The van der Waals surface area contributed by atoms with Gasteiger partial charge in [0.15, 0.2) is 6.10 Å². The Balaban J connectivity index is 1.83.